The predicted octanol–water partition coefficient (Wildman–Crippen LogP) is 0.815. The highest BCUT2D eigenvalue weighted by Gasteiger charge is 2.36. The fraction of sp³-hybridized carbons (Fsp3) is 0.308. The summed E-state index contributed by atoms with van der Waals surface area (Å²) in [7, 11) is 0. The van der Waals surface area contributed by atoms with Crippen LogP contribution in [0.25, 0.3) is 0 Å². The zero-order valence-corrected chi connectivity index (χ0v) is 10.3. The lowest BCUT2D eigenvalue weighted by atomic mass is 10.1. The van der Waals surface area contributed by atoms with Crippen LogP contribution in [0.15, 0.2) is 36.5 Å². The topological polar surface area (TPSA) is 94.9 Å². The van der Waals surface area contributed by atoms with Crippen LogP contribution in [0.1, 0.15) is 12.8 Å². The Hall–Kier alpha value is -2.37. The summed E-state index contributed by atoms with van der Waals surface area (Å²) in [5.41, 5.74) is 0.915. The maximum Gasteiger partial charge on any atom is 0.326 e. The second kappa shape index (κ2) is 5.99. The smallest absolute Gasteiger partial charge is 0.326 e. The highest BCUT2D eigenvalue weighted by atomic mass is 16.4. The molecule has 0 aromatic rings. The molecule has 6 nitrogen and oxygen atoms in total. The summed E-state index contributed by atoms with van der Waals surface area (Å²) in [4.78, 5) is 34.9. The second-order valence-electron chi connectivity index (χ2n) is 4.07. The zero-order valence-electron chi connectivity index (χ0n) is 10.3. The first-order valence-electron chi connectivity index (χ1n) is 5.66. The SMILES string of the molecule is C=CC1=C(C=C)C(=O)N(C(CCC(=O)O)C(=O)O)C1. The lowest BCUT2D eigenvalue weighted by Gasteiger charge is -2.24. The number of aliphatic carboxylic acids is 2. The van der Waals surface area contributed by atoms with E-state index in [9.17, 15) is 14.4 Å². The second-order valence-corrected chi connectivity index (χ2v) is 4.07. The van der Waals surface area contributed by atoms with Gasteiger partial charge in [0.15, 0.2) is 0 Å². The Bertz CT molecular complexity index is 477. The van der Waals surface area contributed by atoms with Crippen LogP contribution in [0.5, 0.6) is 0 Å². The Kier molecular flexibility index (Phi) is 4.63. The van der Waals surface area contributed by atoms with Crippen LogP contribution in [0, 0.1) is 0 Å². The lowest BCUT2D eigenvalue weighted by Crippen LogP contribution is -2.43. The average molecular weight is 265 g/mol. The zero-order chi connectivity index (χ0) is 14.6. The normalized spacial score (nSPS) is 16.4. The fourth-order valence-corrected chi connectivity index (χ4v) is 1.95. The molecule has 0 saturated heterocycles. The van der Waals surface area contributed by atoms with Crippen molar-refractivity contribution < 1.29 is 24.6 Å². The molecule has 6 heteroatoms. The first kappa shape index (κ1) is 14.7. The third-order valence-electron chi connectivity index (χ3n) is 2.92. The number of carboxylic acids is 2. The quantitative estimate of drug-likeness (QED) is 0.710. The molecule has 0 radical (unpaired) electrons. The van der Waals surface area contributed by atoms with E-state index in [1.165, 1.54) is 12.2 Å². The van der Waals surface area contributed by atoms with E-state index < -0.39 is 23.9 Å². The number of carboxylic acid groups (broad SMARTS) is 2. The number of hydrogen-bond donors (Lipinski definition) is 2. The van der Waals surface area contributed by atoms with Crippen molar-refractivity contribution in [3.8, 4) is 0 Å². The largest absolute Gasteiger partial charge is 0.481 e. The summed E-state index contributed by atoms with van der Waals surface area (Å²) >= 11 is 0. The van der Waals surface area contributed by atoms with Crippen molar-refractivity contribution in [2.24, 2.45) is 0 Å². The van der Waals surface area contributed by atoms with Gasteiger partial charge in [-0.05, 0) is 12.0 Å². The minimum absolute atomic E-state index is 0.111. The maximum atomic E-state index is 12.0. The Morgan fingerprint density at radius 1 is 1.32 bits per heavy atom. The third-order valence-corrected chi connectivity index (χ3v) is 2.92. The van der Waals surface area contributed by atoms with Gasteiger partial charge in [-0.25, -0.2) is 4.79 Å². The molecule has 1 heterocycles. The first-order valence-corrected chi connectivity index (χ1v) is 5.66. The van der Waals surface area contributed by atoms with Crippen molar-refractivity contribution in [2.75, 3.05) is 6.54 Å². The molecule has 0 fully saturated rings. The molecule has 19 heavy (non-hydrogen) atoms. The Balaban J connectivity index is 2.93. The van der Waals surface area contributed by atoms with Crippen molar-refractivity contribution in [2.45, 2.75) is 18.9 Å². The van der Waals surface area contributed by atoms with Gasteiger partial charge >= 0.3 is 11.9 Å². The van der Waals surface area contributed by atoms with Gasteiger partial charge in [0.25, 0.3) is 5.91 Å². The molecule has 1 unspecified atom stereocenters. The van der Waals surface area contributed by atoms with Crippen LogP contribution in [-0.2, 0) is 14.4 Å². The minimum atomic E-state index is -1.22. The van der Waals surface area contributed by atoms with Gasteiger partial charge in [-0.15, -0.1) is 0 Å². The van der Waals surface area contributed by atoms with Crippen LogP contribution in [0.3, 0.4) is 0 Å². The Morgan fingerprint density at radius 2 is 1.95 bits per heavy atom. The molecule has 1 amide bonds. The average Bonchev–Trinajstić information content (AvgIpc) is 2.65. The molecule has 1 atom stereocenters. The van der Waals surface area contributed by atoms with Gasteiger partial charge in [0.2, 0.25) is 0 Å². The summed E-state index contributed by atoms with van der Waals surface area (Å²) in [6.45, 7) is 7.18. The van der Waals surface area contributed by atoms with Crippen LogP contribution in [0.2, 0.25) is 0 Å². The van der Waals surface area contributed by atoms with Gasteiger partial charge in [0.05, 0.1) is 0 Å². The van der Waals surface area contributed by atoms with E-state index in [4.69, 9.17) is 10.2 Å². The molecule has 0 aromatic heterocycles. The van der Waals surface area contributed by atoms with E-state index >= 15 is 0 Å². The highest BCUT2D eigenvalue weighted by molar-refractivity contribution is 6.02. The number of nitrogens with zero attached hydrogens (tertiary/aromatic N) is 1. The summed E-state index contributed by atoms with van der Waals surface area (Å²) < 4.78 is 0. The molecule has 0 aliphatic carbocycles. The van der Waals surface area contributed by atoms with Crippen molar-refractivity contribution in [3.05, 3.63) is 36.5 Å². The minimum Gasteiger partial charge on any atom is -0.481 e. The summed E-state index contributed by atoms with van der Waals surface area (Å²) in [6.07, 6.45) is 2.39. The van der Waals surface area contributed by atoms with Gasteiger partial charge in [-0.1, -0.05) is 25.3 Å². The molecule has 1 aliphatic rings. The molecular weight excluding hydrogens is 250 g/mol. The molecule has 0 spiro atoms. The van der Waals surface area contributed by atoms with Crippen molar-refractivity contribution in [1.29, 1.82) is 0 Å². The van der Waals surface area contributed by atoms with Crippen molar-refractivity contribution in [1.82, 2.24) is 4.90 Å². The van der Waals surface area contributed by atoms with Crippen molar-refractivity contribution >= 4 is 17.8 Å². The lowest BCUT2D eigenvalue weighted by molar-refractivity contribution is -0.148. The van der Waals surface area contributed by atoms with E-state index in [1.807, 2.05) is 0 Å². The van der Waals surface area contributed by atoms with E-state index in [0.717, 1.165) is 4.90 Å². The molecule has 102 valence electrons. The number of hydrogen-bond acceptors (Lipinski definition) is 3. The van der Waals surface area contributed by atoms with E-state index in [2.05, 4.69) is 13.2 Å². The highest BCUT2D eigenvalue weighted by Crippen LogP contribution is 2.24. The first-order chi connectivity index (χ1) is 8.92. The number of carbonyl (C=O) groups is 3. The fourth-order valence-electron chi connectivity index (χ4n) is 1.95. The maximum absolute atomic E-state index is 12.0. The van der Waals surface area contributed by atoms with Crippen LogP contribution < -0.4 is 0 Å². The van der Waals surface area contributed by atoms with Gasteiger partial charge in [-0.3, -0.25) is 9.59 Å². The van der Waals surface area contributed by atoms with Crippen LogP contribution in [0.4, 0.5) is 0 Å². The van der Waals surface area contributed by atoms with Crippen molar-refractivity contribution in [3.63, 3.8) is 0 Å². The van der Waals surface area contributed by atoms with E-state index in [1.54, 1.807) is 0 Å². The number of carbonyl (C=O) groups excluding carboxylic acids is 1. The monoisotopic (exact) mass is 265 g/mol. The Morgan fingerprint density at radius 3 is 2.32 bits per heavy atom. The molecule has 1 aliphatic heterocycles. The Labute approximate surface area is 110 Å². The van der Waals surface area contributed by atoms with Gasteiger partial charge in [0, 0.05) is 18.5 Å². The predicted molar refractivity (Wildman–Crippen MR) is 67.4 cm³/mol. The van der Waals surface area contributed by atoms with Gasteiger partial charge in [-0.2, -0.15) is 0 Å². The molecule has 0 bridgehead atoms. The third kappa shape index (κ3) is 3.09. The van der Waals surface area contributed by atoms with Gasteiger partial charge < -0.3 is 15.1 Å². The van der Waals surface area contributed by atoms with E-state index in [-0.39, 0.29) is 19.4 Å². The standard InChI is InChI=1S/C13H15NO5/c1-3-8-7-14(12(17)9(8)4-2)10(13(18)19)5-6-11(15)16/h3-4,10H,1-2,5-7H2,(H,15,16)(H,18,19). The van der Waals surface area contributed by atoms with Crippen LogP contribution >= 0.6 is 0 Å². The number of amides is 1. The molecule has 0 saturated carbocycles. The summed E-state index contributed by atoms with van der Waals surface area (Å²) in [5, 5.41) is 17.7. The summed E-state index contributed by atoms with van der Waals surface area (Å²) in [6, 6.07) is -1.16. The molecule has 0 aromatic carbocycles. The van der Waals surface area contributed by atoms with Crippen LogP contribution in [-0.4, -0.2) is 45.5 Å². The van der Waals surface area contributed by atoms with E-state index in [0.29, 0.717) is 11.1 Å². The molecule has 2 N–H and O–H groups in total. The number of rotatable bonds is 7. The summed E-state index contributed by atoms with van der Waals surface area (Å²) in [5.74, 6) is -2.77. The van der Waals surface area contributed by atoms with Gasteiger partial charge in [0.1, 0.15) is 6.04 Å². The molecule has 1 rings (SSSR count). The molecular formula is C13H15NO5.